The molecule has 7 heteroatoms. The van der Waals surface area contributed by atoms with Crippen molar-refractivity contribution in [1.29, 1.82) is 0 Å². The van der Waals surface area contributed by atoms with Crippen LogP contribution in [-0.4, -0.2) is 72.7 Å². The number of carbonyl (C=O) groups excluding carboxylic acids is 1. The predicted molar refractivity (Wildman–Crippen MR) is 114 cm³/mol. The van der Waals surface area contributed by atoms with Gasteiger partial charge in [0.05, 0.1) is 25.8 Å². The Labute approximate surface area is 178 Å². The van der Waals surface area contributed by atoms with E-state index < -0.39 is 0 Å². The smallest absolute Gasteiger partial charge is 0.234 e. The number of pyridine rings is 1. The van der Waals surface area contributed by atoms with Gasteiger partial charge in [-0.25, -0.2) is 0 Å². The molecule has 30 heavy (non-hydrogen) atoms. The molecule has 1 N–H and O–H groups in total. The van der Waals surface area contributed by atoms with Crippen LogP contribution in [0.5, 0.6) is 5.75 Å². The first-order valence-corrected chi connectivity index (χ1v) is 10.6. The van der Waals surface area contributed by atoms with Gasteiger partial charge in [0.2, 0.25) is 5.91 Å². The molecule has 2 atom stereocenters. The Morgan fingerprint density at radius 3 is 2.87 bits per heavy atom. The summed E-state index contributed by atoms with van der Waals surface area (Å²) in [5.41, 5.74) is 2.24. The Hall–Kier alpha value is -2.48. The maximum absolute atomic E-state index is 12.8. The number of hydrogen-bond donors (Lipinski definition) is 1. The van der Waals surface area contributed by atoms with Gasteiger partial charge in [-0.3, -0.25) is 19.6 Å². The predicted octanol–water partition coefficient (Wildman–Crippen LogP) is 1.85. The number of aromatic nitrogens is 1. The van der Waals surface area contributed by atoms with Crippen molar-refractivity contribution in [3.05, 3.63) is 59.9 Å². The summed E-state index contributed by atoms with van der Waals surface area (Å²) in [5.74, 6) is 0.945. The van der Waals surface area contributed by atoms with Crippen LogP contribution in [0.4, 0.5) is 0 Å². The number of nitrogens with zero attached hydrogens (tertiary/aromatic N) is 3. The van der Waals surface area contributed by atoms with Gasteiger partial charge >= 0.3 is 0 Å². The Morgan fingerprint density at radius 2 is 2.07 bits per heavy atom. The first kappa shape index (κ1) is 20.8. The van der Waals surface area contributed by atoms with Gasteiger partial charge in [-0.1, -0.05) is 24.3 Å². The van der Waals surface area contributed by atoms with Gasteiger partial charge in [0.15, 0.2) is 0 Å². The number of carbonyl (C=O) groups is 1. The van der Waals surface area contributed by atoms with Crippen LogP contribution in [0, 0.1) is 0 Å². The molecule has 0 aliphatic carbocycles. The maximum atomic E-state index is 12.8. The second-order valence-corrected chi connectivity index (χ2v) is 7.96. The van der Waals surface area contributed by atoms with Crippen molar-refractivity contribution < 1.29 is 14.3 Å². The van der Waals surface area contributed by atoms with E-state index in [0.717, 1.165) is 49.7 Å². The third-order valence-corrected chi connectivity index (χ3v) is 5.63. The highest BCUT2D eigenvalue weighted by Gasteiger charge is 2.25. The van der Waals surface area contributed by atoms with Gasteiger partial charge in [0.25, 0.3) is 0 Å². The normalized spacial score (nSPS) is 21.2. The summed E-state index contributed by atoms with van der Waals surface area (Å²) in [6, 6.07) is 12.2. The zero-order chi connectivity index (χ0) is 20.8. The van der Waals surface area contributed by atoms with Gasteiger partial charge in [-0.05, 0) is 24.6 Å². The van der Waals surface area contributed by atoms with E-state index in [1.807, 2.05) is 37.4 Å². The van der Waals surface area contributed by atoms with Crippen LogP contribution < -0.4 is 10.1 Å². The molecule has 0 spiro atoms. The van der Waals surface area contributed by atoms with Crippen LogP contribution in [0.1, 0.15) is 24.1 Å². The first-order valence-electron chi connectivity index (χ1n) is 10.6. The number of benzene rings is 1. The van der Waals surface area contributed by atoms with Crippen molar-refractivity contribution in [3.8, 4) is 5.75 Å². The molecule has 1 fully saturated rings. The topological polar surface area (TPSA) is 66.9 Å². The van der Waals surface area contributed by atoms with Crippen LogP contribution in [0.3, 0.4) is 0 Å². The Kier molecular flexibility index (Phi) is 6.94. The number of morpholine rings is 1. The number of nitrogens with one attached hydrogen (secondary N) is 1. The van der Waals surface area contributed by atoms with Crippen molar-refractivity contribution in [2.24, 2.45) is 0 Å². The number of fused-ring (bicyclic) bond motifs is 1. The lowest BCUT2D eigenvalue weighted by Crippen LogP contribution is -2.46. The molecule has 1 aromatic carbocycles. The van der Waals surface area contributed by atoms with Crippen LogP contribution in [-0.2, 0) is 16.1 Å². The van der Waals surface area contributed by atoms with Gasteiger partial charge in [-0.2, -0.15) is 0 Å². The van der Waals surface area contributed by atoms with Gasteiger partial charge in [0.1, 0.15) is 11.9 Å². The molecule has 1 amide bonds. The first-order chi connectivity index (χ1) is 14.7. The van der Waals surface area contributed by atoms with Crippen molar-refractivity contribution >= 4 is 5.91 Å². The zero-order valence-corrected chi connectivity index (χ0v) is 17.5. The Morgan fingerprint density at radius 1 is 1.23 bits per heavy atom. The minimum Gasteiger partial charge on any atom is -0.489 e. The number of amides is 1. The molecular formula is C23H30N4O3. The third-order valence-electron chi connectivity index (χ3n) is 5.63. The van der Waals surface area contributed by atoms with Gasteiger partial charge in [0, 0.05) is 50.7 Å². The van der Waals surface area contributed by atoms with E-state index in [4.69, 9.17) is 9.47 Å². The summed E-state index contributed by atoms with van der Waals surface area (Å²) in [4.78, 5) is 21.6. The molecule has 7 nitrogen and oxygen atoms in total. The number of ether oxygens (including phenoxy) is 2. The zero-order valence-electron chi connectivity index (χ0n) is 17.5. The fraction of sp³-hybridized carbons (Fsp3) is 0.478. The van der Waals surface area contributed by atoms with Crippen molar-refractivity contribution in [1.82, 2.24) is 20.1 Å². The van der Waals surface area contributed by atoms with Crippen LogP contribution in [0.2, 0.25) is 0 Å². The molecule has 1 aromatic heterocycles. The number of para-hydroxylation sites is 1. The van der Waals surface area contributed by atoms with E-state index in [2.05, 4.69) is 32.2 Å². The third kappa shape index (κ3) is 5.36. The van der Waals surface area contributed by atoms with E-state index in [-0.39, 0.29) is 18.1 Å². The van der Waals surface area contributed by atoms with Crippen LogP contribution in [0.15, 0.2) is 48.8 Å². The average Bonchev–Trinajstić information content (AvgIpc) is 2.92. The molecule has 2 aromatic rings. The van der Waals surface area contributed by atoms with E-state index in [1.165, 1.54) is 0 Å². The number of hydrogen-bond acceptors (Lipinski definition) is 6. The molecular weight excluding hydrogens is 380 g/mol. The summed E-state index contributed by atoms with van der Waals surface area (Å²) in [6.07, 6.45) is 3.70. The largest absolute Gasteiger partial charge is 0.489 e. The second-order valence-electron chi connectivity index (χ2n) is 7.96. The molecule has 0 unspecified atom stereocenters. The monoisotopic (exact) mass is 410 g/mol. The molecule has 0 radical (unpaired) electrons. The minimum atomic E-state index is 0.0312. The van der Waals surface area contributed by atoms with E-state index in [1.54, 1.807) is 6.20 Å². The van der Waals surface area contributed by atoms with E-state index >= 15 is 0 Å². The fourth-order valence-electron chi connectivity index (χ4n) is 4.18. The molecule has 3 heterocycles. The SMILES string of the molecule is C[C@H]1CN(CC(=O)NC[C@H](c2cccnc2)N2CCOCC2)Cc2ccccc2O1. The maximum Gasteiger partial charge on any atom is 0.234 e. The standard InChI is InChI=1S/C23H30N4O3/c1-18-15-26(16-20-5-2-3-7-22(20)30-18)17-23(28)25-14-21(19-6-4-8-24-13-19)27-9-11-29-12-10-27/h2-8,13,18,21H,9-12,14-17H2,1H3,(H,25,28)/t18-,21+/m0/s1. The highest BCUT2D eigenvalue weighted by Crippen LogP contribution is 2.24. The molecule has 0 bridgehead atoms. The summed E-state index contributed by atoms with van der Waals surface area (Å²) < 4.78 is 11.5. The fourth-order valence-corrected chi connectivity index (χ4v) is 4.18. The summed E-state index contributed by atoms with van der Waals surface area (Å²) in [7, 11) is 0. The van der Waals surface area contributed by atoms with Gasteiger partial charge < -0.3 is 14.8 Å². The molecule has 160 valence electrons. The van der Waals surface area contributed by atoms with Crippen LogP contribution in [0.25, 0.3) is 0 Å². The lowest BCUT2D eigenvalue weighted by molar-refractivity contribution is -0.122. The lowest BCUT2D eigenvalue weighted by Gasteiger charge is -2.34. The van der Waals surface area contributed by atoms with Crippen molar-refractivity contribution in [2.45, 2.75) is 25.6 Å². The molecule has 0 saturated carbocycles. The molecule has 4 rings (SSSR count). The highest BCUT2D eigenvalue weighted by atomic mass is 16.5. The van der Waals surface area contributed by atoms with Crippen molar-refractivity contribution in [3.63, 3.8) is 0 Å². The minimum absolute atomic E-state index is 0.0312. The molecule has 2 aliphatic heterocycles. The molecule has 1 saturated heterocycles. The Balaban J connectivity index is 1.37. The summed E-state index contributed by atoms with van der Waals surface area (Å²) in [6.45, 7) is 7.53. The quantitative estimate of drug-likeness (QED) is 0.784. The van der Waals surface area contributed by atoms with Gasteiger partial charge in [-0.15, -0.1) is 0 Å². The van der Waals surface area contributed by atoms with E-state index in [9.17, 15) is 4.79 Å². The number of rotatable bonds is 6. The second kappa shape index (κ2) is 10.0. The Bertz CT molecular complexity index is 826. The van der Waals surface area contributed by atoms with E-state index in [0.29, 0.717) is 19.6 Å². The lowest BCUT2D eigenvalue weighted by atomic mass is 10.1. The highest BCUT2D eigenvalue weighted by molar-refractivity contribution is 5.78. The average molecular weight is 411 g/mol. The summed E-state index contributed by atoms with van der Waals surface area (Å²) in [5, 5.41) is 3.15. The van der Waals surface area contributed by atoms with Crippen LogP contribution >= 0.6 is 0 Å². The van der Waals surface area contributed by atoms with Crippen molar-refractivity contribution in [2.75, 3.05) is 45.9 Å². The summed E-state index contributed by atoms with van der Waals surface area (Å²) >= 11 is 0. The molecule has 2 aliphatic rings.